The fourth-order valence-corrected chi connectivity index (χ4v) is 3.38. The van der Waals surface area contributed by atoms with Crippen LogP contribution < -0.4 is 10.9 Å². The van der Waals surface area contributed by atoms with Crippen LogP contribution in [0.5, 0.6) is 0 Å². The molecule has 4 aromatic rings. The molecule has 0 radical (unpaired) electrons. The highest BCUT2D eigenvalue weighted by Crippen LogP contribution is 2.25. The van der Waals surface area contributed by atoms with Crippen molar-refractivity contribution >= 4 is 29.1 Å². The Hall–Kier alpha value is -4.50. The predicted octanol–water partition coefficient (Wildman–Crippen LogP) is 4.10. The minimum absolute atomic E-state index is 0.0503. The lowest BCUT2D eigenvalue weighted by Gasteiger charge is -2.07. The largest absolute Gasteiger partial charge is 0.273 e. The van der Waals surface area contributed by atoms with Crippen molar-refractivity contribution in [3.05, 3.63) is 111 Å². The van der Waals surface area contributed by atoms with Crippen LogP contribution in [0.1, 0.15) is 15.9 Å². The number of non-ortho nitro benzene ring substituents is 1. The summed E-state index contributed by atoms with van der Waals surface area (Å²) in [6, 6.07) is 21.6. The van der Waals surface area contributed by atoms with Crippen molar-refractivity contribution in [1.29, 1.82) is 0 Å². The fourth-order valence-electron chi connectivity index (χ4n) is 3.25. The van der Waals surface area contributed by atoms with Gasteiger partial charge in [-0.25, -0.2) is 4.68 Å². The summed E-state index contributed by atoms with van der Waals surface area (Å²) in [5, 5.41) is 16.0. The second-order valence-corrected chi connectivity index (χ2v) is 7.71. The molecule has 0 spiro atoms. The van der Waals surface area contributed by atoms with Crippen LogP contribution in [0.3, 0.4) is 0 Å². The van der Waals surface area contributed by atoms with Gasteiger partial charge in [0.2, 0.25) is 5.91 Å². The fraction of sp³-hybridized carbons (Fsp3) is 0.0417. The number of hydrogen-bond acceptors (Lipinski definition) is 5. The molecule has 1 aromatic heterocycles. The van der Waals surface area contributed by atoms with E-state index in [2.05, 4.69) is 16.0 Å². The van der Waals surface area contributed by atoms with E-state index in [0.29, 0.717) is 16.3 Å². The van der Waals surface area contributed by atoms with Crippen LogP contribution in [0.15, 0.2) is 85.1 Å². The van der Waals surface area contributed by atoms with Crippen molar-refractivity contribution in [2.75, 3.05) is 0 Å². The van der Waals surface area contributed by atoms with Crippen LogP contribution in [0.25, 0.3) is 16.9 Å². The van der Waals surface area contributed by atoms with E-state index in [1.54, 1.807) is 23.0 Å². The van der Waals surface area contributed by atoms with Gasteiger partial charge in [0.15, 0.2) is 0 Å². The number of para-hydroxylation sites is 1. The van der Waals surface area contributed by atoms with Crippen LogP contribution in [-0.2, 0) is 11.2 Å². The second kappa shape index (κ2) is 9.97. The number of benzene rings is 3. The van der Waals surface area contributed by atoms with Crippen molar-refractivity contribution in [3.63, 3.8) is 0 Å². The molecular formula is C24H18ClN5O4. The van der Waals surface area contributed by atoms with Gasteiger partial charge in [-0.05, 0) is 36.4 Å². The van der Waals surface area contributed by atoms with Gasteiger partial charge in [0.1, 0.15) is 0 Å². The van der Waals surface area contributed by atoms with Gasteiger partial charge in [-0.15, -0.1) is 0 Å². The third-order valence-corrected chi connectivity index (χ3v) is 5.19. The molecule has 1 heterocycles. The summed E-state index contributed by atoms with van der Waals surface area (Å²) in [7, 11) is 0. The van der Waals surface area contributed by atoms with Gasteiger partial charge in [-0.2, -0.15) is 5.10 Å². The van der Waals surface area contributed by atoms with Crippen LogP contribution in [0, 0.1) is 10.1 Å². The van der Waals surface area contributed by atoms with E-state index in [1.165, 1.54) is 24.3 Å². The Bertz CT molecular complexity index is 1340. The minimum atomic E-state index is -0.596. The predicted molar refractivity (Wildman–Crippen MR) is 126 cm³/mol. The lowest BCUT2D eigenvalue weighted by Crippen LogP contribution is -2.42. The van der Waals surface area contributed by atoms with Crippen LogP contribution in [-0.4, -0.2) is 26.5 Å². The molecule has 0 fully saturated rings. The molecule has 10 heteroatoms. The lowest BCUT2D eigenvalue weighted by molar-refractivity contribution is -0.384. The Labute approximate surface area is 199 Å². The quantitative estimate of drug-likeness (QED) is 0.321. The van der Waals surface area contributed by atoms with Crippen LogP contribution >= 0.6 is 11.6 Å². The number of carbonyl (C=O) groups is 2. The number of carbonyl (C=O) groups excluding carboxylic acids is 2. The van der Waals surface area contributed by atoms with Gasteiger partial charge in [-0.3, -0.25) is 30.6 Å². The maximum Gasteiger partial charge on any atom is 0.269 e. The van der Waals surface area contributed by atoms with Gasteiger partial charge in [0, 0.05) is 40.0 Å². The average Bonchev–Trinajstić information content (AvgIpc) is 3.27. The van der Waals surface area contributed by atoms with E-state index >= 15 is 0 Å². The Morgan fingerprint density at radius 1 is 0.941 bits per heavy atom. The summed E-state index contributed by atoms with van der Waals surface area (Å²) >= 11 is 6.01. The SMILES string of the molecule is O=C(Cc1cn(-c2ccccc2)nc1-c1ccc(Cl)cc1)NNC(=O)c1ccc([N+](=O)[O-])cc1. The number of aromatic nitrogens is 2. The van der Waals surface area contributed by atoms with Crippen LogP contribution in [0.2, 0.25) is 5.02 Å². The number of rotatable bonds is 6. The highest BCUT2D eigenvalue weighted by molar-refractivity contribution is 6.30. The molecule has 0 aliphatic heterocycles. The Kier molecular flexibility index (Phi) is 6.65. The number of halogens is 1. The van der Waals surface area contributed by atoms with Crippen molar-refractivity contribution in [2.45, 2.75) is 6.42 Å². The number of hydrazine groups is 1. The number of nitro groups is 1. The standard InChI is InChI=1S/C24H18ClN5O4/c25-19-10-6-16(7-11-19)23-18(15-29(28-23)20-4-2-1-3-5-20)14-22(31)26-27-24(32)17-8-12-21(13-9-17)30(33)34/h1-13,15H,14H2,(H,26,31)(H,27,32). The summed E-state index contributed by atoms with van der Waals surface area (Å²) in [4.78, 5) is 35.1. The van der Waals surface area contributed by atoms with E-state index in [-0.39, 0.29) is 17.7 Å². The molecule has 2 amide bonds. The molecule has 34 heavy (non-hydrogen) atoms. The van der Waals surface area contributed by atoms with Gasteiger partial charge in [0.25, 0.3) is 11.6 Å². The Balaban J connectivity index is 1.50. The maximum atomic E-state index is 12.6. The summed E-state index contributed by atoms with van der Waals surface area (Å²) in [6.07, 6.45) is 1.71. The highest BCUT2D eigenvalue weighted by atomic mass is 35.5. The Morgan fingerprint density at radius 2 is 1.62 bits per heavy atom. The summed E-state index contributed by atoms with van der Waals surface area (Å²) in [5.74, 6) is -1.06. The number of nitrogens with one attached hydrogen (secondary N) is 2. The van der Waals surface area contributed by atoms with E-state index < -0.39 is 16.7 Å². The topological polar surface area (TPSA) is 119 Å². The molecule has 3 aromatic carbocycles. The summed E-state index contributed by atoms with van der Waals surface area (Å²) in [6.45, 7) is 0. The molecular weight excluding hydrogens is 458 g/mol. The summed E-state index contributed by atoms with van der Waals surface area (Å²) in [5.41, 5.74) is 7.60. The second-order valence-electron chi connectivity index (χ2n) is 7.27. The van der Waals surface area contributed by atoms with Crippen molar-refractivity contribution in [1.82, 2.24) is 20.6 Å². The molecule has 170 valence electrons. The first-order chi connectivity index (χ1) is 16.4. The van der Waals surface area contributed by atoms with Crippen molar-refractivity contribution < 1.29 is 14.5 Å². The monoisotopic (exact) mass is 475 g/mol. The maximum absolute atomic E-state index is 12.6. The molecule has 2 N–H and O–H groups in total. The molecule has 0 saturated heterocycles. The molecule has 9 nitrogen and oxygen atoms in total. The van der Waals surface area contributed by atoms with Crippen LogP contribution in [0.4, 0.5) is 5.69 Å². The molecule has 0 aliphatic carbocycles. The third-order valence-electron chi connectivity index (χ3n) is 4.94. The molecule has 0 aliphatic rings. The smallest absolute Gasteiger partial charge is 0.269 e. The zero-order chi connectivity index (χ0) is 24.1. The number of nitrogens with zero attached hydrogens (tertiary/aromatic N) is 3. The number of amides is 2. The molecule has 0 unspecified atom stereocenters. The third kappa shape index (κ3) is 5.28. The first-order valence-corrected chi connectivity index (χ1v) is 10.5. The van der Waals surface area contributed by atoms with E-state index in [4.69, 9.17) is 11.6 Å². The average molecular weight is 476 g/mol. The zero-order valence-electron chi connectivity index (χ0n) is 17.6. The van der Waals surface area contributed by atoms with Crippen molar-refractivity contribution in [3.8, 4) is 16.9 Å². The molecule has 0 saturated carbocycles. The van der Waals surface area contributed by atoms with E-state index in [9.17, 15) is 19.7 Å². The van der Waals surface area contributed by atoms with Gasteiger partial charge in [0.05, 0.1) is 22.7 Å². The molecule has 0 atom stereocenters. The molecule has 0 bridgehead atoms. The minimum Gasteiger partial charge on any atom is -0.273 e. The van der Waals surface area contributed by atoms with Gasteiger partial charge in [-0.1, -0.05) is 41.9 Å². The lowest BCUT2D eigenvalue weighted by atomic mass is 10.1. The first-order valence-electron chi connectivity index (χ1n) is 10.1. The number of nitro benzene ring substituents is 1. The summed E-state index contributed by atoms with van der Waals surface area (Å²) < 4.78 is 1.68. The molecule has 4 rings (SSSR count). The van der Waals surface area contributed by atoms with Crippen molar-refractivity contribution in [2.24, 2.45) is 0 Å². The van der Waals surface area contributed by atoms with E-state index in [0.717, 1.165) is 11.3 Å². The van der Waals surface area contributed by atoms with E-state index in [1.807, 2.05) is 42.5 Å². The zero-order valence-corrected chi connectivity index (χ0v) is 18.4. The highest BCUT2D eigenvalue weighted by Gasteiger charge is 2.17. The number of hydrogen-bond donors (Lipinski definition) is 2. The van der Waals surface area contributed by atoms with Gasteiger partial charge >= 0.3 is 0 Å². The first kappa shape index (κ1) is 22.7. The normalized spacial score (nSPS) is 10.5. The Morgan fingerprint density at radius 3 is 2.26 bits per heavy atom. The van der Waals surface area contributed by atoms with Gasteiger partial charge < -0.3 is 0 Å².